The minimum atomic E-state index is 0.0159. The van der Waals surface area contributed by atoms with Crippen LogP contribution in [0.25, 0.3) is 0 Å². The van der Waals surface area contributed by atoms with E-state index >= 15 is 0 Å². The monoisotopic (exact) mass is 169 g/mol. The van der Waals surface area contributed by atoms with E-state index in [0.717, 1.165) is 0 Å². The van der Waals surface area contributed by atoms with Crippen LogP contribution in [0.5, 0.6) is 0 Å². The summed E-state index contributed by atoms with van der Waals surface area (Å²) >= 11 is 0. The van der Waals surface area contributed by atoms with Gasteiger partial charge in [-0.1, -0.05) is 0 Å². The van der Waals surface area contributed by atoms with Crippen LogP contribution in [-0.4, -0.2) is 27.5 Å². The zero-order valence-electron chi connectivity index (χ0n) is 6.51. The Bertz CT molecular complexity index is 242. The number of rotatable bonds is 3. The van der Waals surface area contributed by atoms with Gasteiger partial charge in [0.1, 0.15) is 0 Å². The summed E-state index contributed by atoms with van der Waals surface area (Å²) < 4.78 is 1.73. The van der Waals surface area contributed by atoms with E-state index in [1.807, 2.05) is 12.3 Å². The number of nitrogens with zero attached hydrogens (tertiary/aromatic N) is 3. The van der Waals surface area contributed by atoms with Crippen LogP contribution in [0.2, 0.25) is 0 Å². The SMILES string of the molecule is NC(=NCCn1cccn1)NO. The molecule has 0 saturated carbocycles. The molecule has 0 bridgehead atoms. The zero-order chi connectivity index (χ0) is 8.81. The Kier molecular flexibility index (Phi) is 3.09. The number of hydrogen-bond acceptors (Lipinski definition) is 3. The zero-order valence-corrected chi connectivity index (χ0v) is 6.51. The lowest BCUT2D eigenvalue weighted by Crippen LogP contribution is -2.28. The predicted molar refractivity (Wildman–Crippen MR) is 43.6 cm³/mol. The van der Waals surface area contributed by atoms with E-state index in [2.05, 4.69) is 10.1 Å². The minimum Gasteiger partial charge on any atom is -0.368 e. The summed E-state index contributed by atoms with van der Waals surface area (Å²) in [4.78, 5) is 3.79. The van der Waals surface area contributed by atoms with Crippen molar-refractivity contribution < 1.29 is 5.21 Å². The van der Waals surface area contributed by atoms with Crippen LogP contribution in [0.1, 0.15) is 0 Å². The number of nitrogens with one attached hydrogen (secondary N) is 1. The van der Waals surface area contributed by atoms with Gasteiger partial charge in [0.05, 0.1) is 13.1 Å². The Balaban J connectivity index is 2.28. The van der Waals surface area contributed by atoms with Crippen molar-refractivity contribution >= 4 is 5.96 Å². The first-order chi connectivity index (χ1) is 5.83. The molecule has 4 N–H and O–H groups in total. The van der Waals surface area contributed by atoms with Crippen molar-refractivity contribution in [1.29, 1.82) is 0 Å². The van der Waals surface area contributed by atoms with Crippen LogP contribution in [-0.2, 0) is 6.54 Å². The van der Waals surface area contributed by atoms with Crippen LogP contribution in [0.3, 0.4) is 0 Å². The summed E-state index contributed by atoms with van der Waals surface area (Å²) in [5.74, 6) is 0.0159. The normalized spacial score (nSPS) is 11.6. The molecule has 0 fully saturated rings. The minimum absolute atomic E-state index is 0.0159. The standard InChI is InChI=1S/C6H11N5O/c7-6(10-12)8-3-5-11-4-1-2-9-11/h1-2,4,12H,3,5H2,(H3,7,8,10). The Morgan fingerprint density at radius 1 is 1.75 bits per heavy atom. The molecule has 6 heteroatoms. The lowest BCUT2D eigenvalue weighted by atomic mass is 10.6. The lowest BCUT2D eigenvalue weighted by Gasteiger charge is -1.98. The summed E-state index contributed by atoms with van der Waals surface area (Å²) in [6.07, 6.45) is 3.52. The van der Waals surface area contributed by atoms with Crippen molar-refractivity contribution in [2.24, 2.45) is 10.7 Å². The molecule has 0 aliphatic carbocycles. The van der Waals surface area contributed by atoms with Crippen LogP contribution in [0.15, 0.2) is 23.5 Å². The summed E-state index contributed by atoms with van der Waals surface area (Å²) in [6, 6.07) is 1.83. The highest BCUT2D eigenvalue weighted by Crippen LogP contribution is 1.83. The van der Waals surface area contributed by atoms with Crippen molar-refractivity contribution in [3.63, 3.8) is 0 Å². The van der Waals surface area contributed by atoms with E-state index in [4.69, 9.17) is 10.9 Å². The van der Waals surface area contributed by atoms with Crippen LogP contribution < -0.4 is 11.2 Å². The highest BCUT2D eigenvalue weighted by atomic mass is 16.5. The van der Waals surface area contributed by atoms with E-state index in [1.54, 1.807) is 16.4 Å². The van der Waals surface area contributed by atoms with E-state index < -0.39 is 0 Å². The van der Waals surface area contributed by atoms with Crippen molar-refractivity contribution in [2.75, 3.05) is 6.54 Å². The molecule has 1 aromatic rings. The Morgan fingerprint density at radius 2 is 2.58 bits per heavy atom. The first kappa shape index (κ1) is 8.54. The van der Waals surface area contributed by atoms with Crippen molar-refractivity contribution in [3.05, 3.63) is 18.5 Å². The van der Waals surface area contributed by atoms with Gasteiger partial charge in [0.2, 0.25) is 5.96 Å². The Labute approximate surface area is 69.7 Å². The van der Waals surface area contributed by atoms with Gasteiger partial charge >= 0.3 is 0 Å². The summed E-state index contributed by atoms with van der Waals surface area (Å²) in [5.41, 5.74) is 6.91. The van der Waals surface area contributed by atoms with E-state index in [1.165, 1.54) is 0 Å². The molecule has 66 valence electrons. The molecule has 0 amide bonds. The van der Waals surface area contributed by atoms with Gasteiger partial charge in [0, 0.05) is 12.4 Å². The van der Waals surface area contributed by atoms with Gasteiger partial charge in [-0.3, -0.25) is 9.89 Å². The fourth-order valence-electron chi connectivity index (χ4n) is 0.741. The molecule has 0 saturated heterocycles. The molecule has 1 aromatic heterocycles. The van der Waals surface area contributed by atoms with Gasteiger partial charge in [-0.15, -0.1) is 0 Å². The van der Waals surface area contributed by atoms with Crippen LogP contribution in [0.4, 0.5) is 0 Å². The number of hydrogen-bond donors (Lipinski definition) is 3. The van der Waals surface area contributed by atoms with E-state index in [9.17, 15) is 0 Å². The topological polar surface area (TPSA) is 88.5 Å². The molecular formula is C6H11N5O. The molecule has 0 atom stereocenters. The van der Waals surface area contributed by atoms with Crippen molar-refractivity contribution in [3.8, 4) is 0 Å². The summed E-state index contributed by atoms with van der Waals surface area (Å²) in [5, 5.41) is 12.2. The second-order valence-corrected chi connectivity index (χ2v) is 2.15. The lowest BCUT2D eigenvalue weighted by molar-refractivity contribution is 0.232. The first-order valence-electron chi connectivity index (χ1n) is 3.50. The molecule has 1 rings (SSSR count). The number of nitrogens with two attached hydrogens (primary N) is 1. The van der Waals surface area contributed by atoms with Crippen LogP contribution in [0, 0.1) is 0 Å². The number of guanidine groups is 1. The maximum atomic E-state index is 8.26. The molecule has 1 heterocycles. The summed E-state index contributed by atoms with van der Waals surface area (Å²) in [6.45, 7) is 1.14. The molecular weight excluding hydrogens is 158 g/mol. The fraction of sp³-hybridized carbons (Fsp3) is 0.333. The molecule has 12 heavy (non-hydrogen) atoms. The summed E-state index contributed by atoms with van der Waals surface area (Å²) in [7, 11) is 0. The largest absolute Gasteiger partial charge is 0.368 e. The third kappa shape index (κ3) is 2.59. The smallest absolute Gasteiger partial charge is 0.212 e. The highest BCUT2D eigenvalue weighted by molar-refractivity contribution is 5.76. The molecule has 0 aliphatic heterocycles. The maximum absolute atomic E-state index is 8.26. The first-order valence-corrected chi connectivity index (χ1v) is 3.50. The quantitative estimate of drug-likeness (QED) is 0.313. The van der Waals surface area contributed by atoms with Crippen molar-refractivity contribution in [2.45, 2.75) is 6.54 Å². The third-order valence-corrected chi connectivity index (χ3v) is 1.28. The number of aliphatic imine (C=N–C) groups is 1. The maximum Gasteiger partial charge on any atom is 0.212 e. The second kappa shape index (κ2) is 4.35. The van der Waals surface area contributed by atoms with E-state index in [-0.39, 0.29) is 5.96 Å². The average molecular weight is 169 g/mol. The Hall–Kier alpha value is -1.56. The molecule has 0 aliphatic rings. The molecule has 0 spiro atoms. The number of aromatic nitrogens is 2. The van der Waals surface area contributed by atoms with Crippen LogP contribution >= 0.6 is 0 Å². The highest BCUT2D eigenvalue weighted by Gasteiger charge is 1.89. The van der Waals surface area contributed by atoms with Crippen molar-refractivity contribution in [1.82, 2.24) is 15.3 Å². The molecule has 0 aromatic carbocycles. The van der Waals surface area contributed by atoms with Gasteiger partial charge < -0.3 is 5.73 Å². The number of hydroxylamine groups is 1. The fourth-order valence-corrected chi connectivity index (χ4v) is 0.741. The van der Waals surface area contributed by atoms with Gasteiger partial charge in [0.25, 0.3) is 0 Å². The van der Waals surface area contributed by atoms with Gasteiger partial charge in [-0.2, -0.15) is 5.10 Å². The second-order valence-electron chi connectivity index (χ2n) is 2.15. The molecule has 0 unspecified atom stereocenters. The van der Waals surface area contributed by atoms with Gasteiger partial charge in [-0.25, -0.2) is 10.5 Å². The molecule has 0 radical (unpaired) electrons. The van der Waals surface area contributed by atoms with E-state index in [0.29, 0.717) is 13.1 Å². The van der Waals surface area contributed by atoms with Gasteiger partial charge in [-0.05, 0) is 6.07 Å². The third-order valence-electron chi connectivity index (χ3n) is 1.28. The Morgan fingerprint density at radius 3 is 3.17 bits per heavy atom. The molecule has 6 nitrogen and oxygen atoms in total. The predicted octanol–water partition coefficient (Wildman–Crippen LogP) is -0.823. The average Bonchev–Trinajstić information content (AvgIpc) is 2.57. The van der Waals surface area contributed by atoms with Gasteiger partial charge in [0.15, 0.2) is 0 Å².